The summed E-state index contributed by atoms with van der Waals surface area (Å²) in [6.07, 6.45) is 0.168. The van der Waals surface area contributed by atoms with Gasteiger partial charge in [-0.05, 0) is 54.8 Å². The molecule has 0 unspecified atom stereocenters. The molecule has 0 saturated carbocycles. The second-order valence-electron chi connectivity index (χ2n) is 5.25. The number of rotatable bonds is 6. The molecule has 0 radical (unpaired) electrons. The van der Waals surface area contributed by atoms with Crippen molar-refractivity contribution in [1.82, 2.24) is 5.32 Å². The lowest BCUT2D eigenvalue weighted by Crippen LogP contribution is -2.29. The summed E-state index contributed by atoms with van der Waals surface area (Å²) < 4.78 is 18.6. The third-order valence-corrected chi connectivity index (χ3v) is 3.43. The molecule has 116 valence electrons. The molecule has 2 aromatic rings. The second kappa shape index (κ2) is 7.59. The van der Waals surface area contributed by atoms with E-state index in [1.165, 1.54) is 23.3 Å². The van der Waals surface area contributed by atoms with Crippen molar-refractivity contribution in [2.24, 2.45) is 0 Å². The van der Waals surface area contributed by atoms with Gasteiger partial charge in [-0.25, -0.2) is 4.39 Å². The lowest BCUT2D eigenvalue weighted by atomic mass is 10.1. The molecule has 2 rings (SSSR count). The Morgan fingerprint density at radius 1 is 1.14 bits per heavy atom. The van der Waals surface area contributed by atoms with Crippen LogP contribution in [0.15, 0.2) is 42.5 Å². The number of carbonyl (C=O) groups is 1. The van der Waals surface area contributed by atoms with Gasteiger partial charge in [-0.15, -0.1) is 0 Å². The van der Waals surface area contributed by atoms with E-state index in [4.69, 9.17) is 4.74 Å². The molecule has 4 heteroatoms. The van der Waals surface area contributed by atoms with E-state index < -0.39 is 0 Å². The molecule has 22 heavy (non-hydrogen) atoms. The lowest BCUT2D eigenvalue weighted by molar-refractivity contribution is -0.120. The normalized spacial score (nSPS) is 10.3. The SMILES string of the molecule is Cc1ccc(OCCNC(=O)Cc2cccc(F)c2)cc1C. The van der Waals surface area contributed by atoms with Crippen molar-refractivity contribution in [3.63, 3.8) is 0 Å². The molecule has 0 saturated heterocycles. The van der Waals surface area contributed by atoms with Gasteiger partial charge in [0.05, 0.1) is 13.0 Å². The van der Waals surface area contributed by atoms with Crippen molar-refractivity contribution >= 4 is 5.91 Å². The first-order chi connectivity index (χ1) is 10.5. The van der Waals surface area contributed by atoms with Crippen LogP contribution < -0.4 is 10.1 Å². The number of carbonyl (C=O) groups excluding carboxylic acids is 1. The van der Waals surface area contributed by atoms with Gasteiger partial charge in [0.2, 0.25) is 5.91 Å². The van der Waals surface area contributed by atoms with Gasteiger partial charge in [0.15, 0.2) is 0 Å². The van der Waals surface area contributed by atoms with Crippen LogP contribution in [0.5, 0.6) is 5.75 Å². The van der Waals surface area contributed by atoms with Gasteiger partial charge >= 0.3 is 0 Å². The van der Waals surface area contributed by atoms with E-state index in [-0.39, 0.29) is 18.1 Å². The summed E-state index contributed by atoms with van der Waals surface area (Å²) in [5.74, 6) is 0.320. The first-order valence-electron chi connectivity index (χ1n) is 7.26. The standard InChI is InChI=1S/C18H20FNO2/c1-13-6-7-17(10-14(13)2)22-9-8-20-18(21)12-15-4-3-5-16(19)11-15/h3-7,10-11H,8-9,12H2,1-2H3,(H,20,21). The second-order valence-corrected chi connectivity index (χ2v) is 5.25. The Kier molecular flexibility index (Phi) is 5.53. The van der Waals surface area contributed by atoms with E-state index in [0.717, 1.165) is 5.75 Å². The molecular formula is C18H20FNO2. The zero-order chi connectivity index (χ0) is 15.9. The minimum Gasteiger partial charge on any atom is -0.492 e. The maximum atomic E-state index is 13.0. The summed E-state index contributed by atoms with van der Waals surface area (Å²) in [4.78, 5) is 11.7. The molecule has 0 aliphatic carbocycles. The molecular weight excluding hydrogens is 281 g/mol. The topological polar surface area (TPSA) is 38.3 Å². The predicted octanol–water partition coefficient (Wildman–Crippen LogP) is 3.18. The average molecular weight is 301 g/mol. The van der Waals surface area contributed by atoms with Crippen LogP contribution in [0.1, 0.15) is 16.7 Å². The Morgan fingerprint density at radius 2 is 1.95 bits per heavy atom. The van der Waals surface area contributed by atoms with Crippen LogP contribution in [0.3, 0.4) is 0 Å². The van der Waals surface area contributed by atoms with Gasteiger partial charge in [0, 0.05) is 0 Å². The number of ether oxygens (including phenoxy) is 1. The fourth-order valence-electron chi connectivity index (χ4n) is 2.06. The first kappa shape index (κ1) is 16.0. The van der Waals surface area contributed by atoms with Gasteiger partial charge in [0.1, 0.15) is 18.2 Å². The zero-order valence-electron chi connectivity index (χ0n) is 12.9. The maximum Gasteiger partial charge on any atom is 0.224 e. The fourth-order valence-corrected chi connectivity index (χ4v) is 2.06. The molecule has 0 spiro atoms. The smallest absolute Gasteiger partial charge is 0.224 e. The van der Waals surface area contributed by atoms with Crippen molar-refractivity contribution in [2.75, 3.05) is 13.2 Å². The van der Waals surface area contributed by atoms with E-state index in [1.807, 2.05) is 32.0 Å². The van der Waals surface area contributed by atoms with Crippen LogP contribution in [0, 0.1) is 19.7 Å². The van der Waals surface area contributed by atoms with Crippen molar-refractivity contribution in [3.8, 4) is 5.75 Å². The maximum absolute atomic E-state index is 13.0. The molecule has 0 heterocycles. The molecule has 0 aliphatic heterocycles. The number of hydrogen-bond acceptors (Lipinski definition) is 2. The largest absolute Gasteiger partial charge is 0.492 e. The quantitative estimate of drug-likeness (QED) is 0.832. The highest BCUT2D eigenvalue weighted by molar-refractivity contribution is 5.78. The number of amides is 1. The molecule has 0 fully saturated rings. The minimum atomic E-state index is -0.330. The Balaban J connectivity index is 1.72. The van der Waals surface area contributed by atoms with E-state index in [9.17, 15) is 9.18 Å². The number of nitrogens with one attached hydrogen (secondary N) is 1. The van der Waals surface area contributed by atoms with Crippen LogP contribution >= 0.6 is 0 Å². The number of benzene rings is 2. The Labute approximate surface area is 130 Å². The van der Waals surface area contributed by atoms with Gasteiger partial charge in [-0.1, -0.05) is 18.2 Å². The van der Waals surface area contributed by atoms with E-state index in [0.29, 0.717) is 18.7 Å². The monoisotopic (exact) mass is 301 g/mol. The molecule has 0 bridgehead atoms. The van der Waals surface area contributed by atoms with Gasteiger partial charge < -0.3 is 10.1 Å². The van der Waals surface area contributed by atoms with Crippen molar-refractivity contribution in [2.45, 2.75) is 20.3 Å². The van der Waals surface area contributed by atoms with Crippen LogP contribution in [-0.2, 0) is 11.2 Å². The Hall–Kier alpha value is -2.36. The van der Waals surface area contributed by atoms with Crippen LogP contribution in [0.4, 0.5) is 4.39 Å². The summed E-state index contributed by atoms with van der Waals surface area (Å²) in [5, 5.41) is 2.76. The van der Waals surface area contributed by atoms with Crippen LogP contribution in [0.2, 0.25) is 0 Å². The van der Waals surface area contributed by atoms with E-state index in [2.05, 4.69) is 5.32 Å². The Bertz CT molecular complexity index is 655. The zero-order valence-corrected chi connectivity index (χ0v) is 12.9. The van der Waals surface area contributed by atoms with E-state index in [1.54, 1.807) is 12.1 Å². The molecule has 0 atom stereocenters. The summed E-state index contributed by atoms with van der Waals surface area (Å²) in [6.45, 7) is 4.90. The first-order valence-corrected chi connectivity index (χ1v) is 7.26. The number of aryl methyl sites for hydroxylation is 2. The number of hydrogen-bond donors (Lipinski definition) is 1. The third-order valence-electron chi connectivity index (χ3n) is 3.43. The summed E-state index contributed by atoms with van der Waals surface area (Å²) in [5.41, 5.74) is 3.05. The third kappa shape index (κ3) is 4.88. The van der Waals surface area contributed by atoms with Gasteiger partial charge in [-0.3, -0.25) is 4.79 Å². The fraction of sp³-hybridized carbons (Fsp3) is 0.278. The van der Waals surface area contributed by atoms with Crippen molar-refractivity contribution < 1.29 is 13.9 Å². The summed E-state index contributed by atoms with van der Waals surface area (Å²) in [6, 6.07) is 12.0. The van der Waals surface area contributed by atoms with Gasteiger partial charge in [-0.2, -0.15) is 0 Å². The van der Waals surface area contributed by atoms with E-state index >= 15 is 0 Å². The predicted molar refractivity (Wildman–Crippen MR) is 84.5 cm³/mol. The number of halogens is 1. The van der Waals surface area contributed by atoms with Crippen molar-refractivity contribution in [1.29, 1.82) is 0 Å². The summed E-state index contributed by atoms with van der Waals surface area (Å²) >= 11 is 0. The van der Waals surface area contributed by atoms with Crippen molar-refractivity contribution in [3.05, 3.63) is 65.0 Å². The highest BCUT2D eigenvalue weighted by atomic mass is 19.1. The molecule has 3 nitrogen and oxygen atoms in total. The Morgan fingerprint density at radius 3 is 2.68 bits per heavy atom. The highest BCUT2D eigenvalue weighted by Gasteiger charge is 2.04. The molecule has 1 amide bonds. The van der Waals surface area contributed by atoms with Crippen LogP contribution in [0.25, 0.3) is 0 Å². The highest BCUT2D eigenvalue weighted by Crippen LogP contribution is 2.16. The average Bonchev–Trinajstić information content (AvgIpc) is 2.47. The molecule has 0 aromatic heterocycles. The minimum absolute atomic E-state index is 0.144. The van der Waals surface area contributed by atoms with Crippen LogP contribution in [-0.4, -0.2) is 19.1 Å². The molecule has 2 aromatic carbocycles. The molecule has 1 N–H and O–H groups in total. The summed E-state index contributed by atoms with van der Waals surface area (Å²) in [7, 11) is 0. The molecule has 0 aliphatic rings. The lowest BCUT2D eigenvalue weighted by Gasteiger charge is -2.09. The van der Waals surface area contributed by atoms with Gasteiger partial charge in [0.25, 0.3) is 0 Å².